The van der Waals surface area contributed by atoms with Crippen molar-refractivity contribution in [1.82, 2.24) is 9.97 Å². The standard InChI is InChI=1S/C15H7F6N2O/c16-14(17,18)7-1-3-9(10(5-7)15(19,20)21)13-22-11-4-2-8(24)6-12(11)23-13/h1-6H,(H,22,23). The third-order valence-electron chi connectivity index (χ3n) is 3.36. The molecule has 0 atom stereocenters. The Labute approximate surface area is 130 Å². The van der Waals surface area contributed by atoms with E-state index in [1.165, 1.54) is 12.1 Å². The first-order valence-corrected chi connectivity index (χ1v) is 6.51. The zero-order chi connectivity index (χ0) is 17.7. The van der Waals surface area contributed by atoms with E-state index in [0.717, 1.165) is 6.07 Å². The van der Waals surface area contributed by atoms with Crippen molar-refractivity contribution in [3.05, 3.63) is 47.5 Å². The van der Waals surface area contributed by atoms with Crippen molar-refractivity contribution in [2.45, 2.75) is 12.4 Å². The summed E-state index contributed by atoms with van der Waals surface area (Å²) >= 11 is 0. The lowest BCUT2D eigenvalue weighted by Crippen LogP contribution is -2.12. The van der Waals surface area contributed by atoms with Crippen LogP contribution in [0.15, 0.2) is 36.4 Å². The van der Waals surface area contributed by atoms with Gasteiger partial charge in [-0.15, -0.1) is 0 Å². The van der Waals surface area contributed by atoms with Gasteiger partial charge in [-0.25, -0.2) is 4.98 Å². The molecule has 3 aromatic rings. The smallest absolute Gasteiger partial charge is 0.338 e. The van der Waals surface area contributed by atoms with Gasteiger partial charge in [-0.2, -0.15) is 26.3 Å². The van der Waals surface area contributed by atoms with Crippen LogP contribution in [-0.4, -0.2) is 9.97 Å². The Morgan fingerprint density at radius 3 is 2.21 bits per heavy atom. The molecule has 9 heteroatoms. The van der Waals surface area contributed by atoms with E-state index >= 15 is 0 Å². The lowest BCUT2D eigenvalue weighted by molar-refractivity contribution is -0.142. The van der Waals surface area contributed by atoms with Crippen LogP contribution in [0.3, 0.4) is 0 Å². The molecule has 1 aromatic heterocycles. The number of rotatable bonds is 1. The Bertz CT molecular complexity index is 910. The first-order chi connectivity index (χ1) is 11.1. The number of fused-ring (bicyclic) bond motifs is 1. The van der Waals surface area contributed by atoms with Crippen molar-refractivity contribution in [1.29, 1.82) is 0 Å². The van der Waals surface area contributed by atoms with Crippen LogP contribution >= 0.6 is 0 Å². The first kappa shape index (κ1) is 16.2. The number of hydrogen-bond acceptors (Lipinski definition) is 1. The van der Waals surface area contributed by atoms with Gasteiger partial charge in [0, 0.05) is 11.6 Å². The molecular weight excluding hydrogens is 338 g/mol. The number of alkyl halides is 6. The molecule has 1 N–H and O–H groups in total. The van der Waals surface area contributed by atoms with Crippen LogP contribution in [0.5, 0.6) is 5.75 Å². The molecule has 1 heterocycles. The molecule has 2 aromatic carbocycles. The van der Waals surface area contributed by atoms with Crippen molar-refractivity contribution in [2.24, 2.45) is 0 Å². The fourth-order valence-electron chi connectivity index (χ4n) is 2.27. The van der Waals surface area contributed by atoms with E-state index in [-0.39, 0.29) is 23.2 Å². The Hall–Kier alpha value is -2.71. The minimum Gasteiger partial charge on any atom is -0.338 e. The van der Waals surface area contributed by atoms with Crippen LogP contribution in [0.4, 0.5) is 26.3 Å². The third-order valence-corrected chi connectivity index (χ3v) is 3.36. The highest BCUT2D eigenvalue weighted by molar-refractivity contribution is 5.81. The molecule has 0 spiro atoms. The number of nitrogens with zero attached hydrogens (tertiary/aromatic N) is 1. The van der Waals surface area contributed by atoms with E-state index in [1.54, 1.807) is 0 Å². The molecule has 3 rings (SSSR count). The maximum atomic E-state index is 13.2. The van der Waals surface area contributed by atoms with Gasteiger partial charge in [0.2, 0.25) is 0 Å². The molecule has 1 radical (unpaired) electrons. The van der Waals surface area contributed by atoms with Gasteiger partial charge in [0.05, 0.1) is 22.2 Å². The minimum atomic E-state index is -5.00. The van der Waals surface area contributed by atoms with Crippen LogP contribution in [0.25, 0.3) is 22.4 Å². The summed E-state index contributed by atoms with van der Waals surface area (Å²) < 4.78 is 77.5. The van der Waals surface area contributed by atoms with Crippen LogP contribution < -0.4 is 0 Å². The molecule has 0 aliphatic rings. The molecule has 3 nitrogen and oxygen atoms in total. The monoisotopic (exact) mass is 345 g/mol. The SMILES string of the molecule is [O]c1ccc2[nH]c(-c3ccc(C(F)(F)F)cc3C(F)(F)F)nc2c1. The topological polar surface area (TPSA) is 48.6 Å². The van der Waals surface area contributed by atoms with Gasteiger partial charge in [-0.1, -0.05) is 6.07 Å². The number of imidazole rings is 1. The van der Waals surface area contributed by atoms with Gasteiger partial charge in [-0.05, 0) is 24.3 Å². The highest BCUT2D eigenvalue weighted by atomic mass is 19.4. The summed E-state index contributed by atoms with van der Waals surface area (Å²) in [4.78, 5) is 6.45. The van der Waals surface area contributed by atoms with Gasteiger partial charge >= 0.3 is 12.4 Å². The molecule has 0 saturated heterocycles. The van der Waals surface area contributed by atoms with Crippen molar-refractivity contribution in [3.8, 4) is 17.1 Å². The molecule has 125 valence electrons. The van der Waals surface area contributed by atoms with Crippen LogP contribution in [0, 0.1) is 0 Å². The molecule has 0 saturated carbocycles. The number of hydrogen-bond donors (Lipinski definition) is 1. The van der Waals surface area contributed by atoms with Gasteiger partial charge in [0.25, 0.3) is 0 Å². The largest absolute Gasteiger partial charge is 0.417 e. The van der Waals surface area contributed by atoms with Crippen molar-refractivity contribution >= 4 is 11.0 Å². The van der Waals surface area contributed by atoms with Crippen LogP contribution in [0.2, 0.25) is 0 Å². The lowest BCUT2D eigenvalue weighted by Gasteiger charge is -2.14. The normalized spacial score (nSPS) is 12.8. The zero-order valence-electron chi connectivity index (χ0n) is 11.6. The predicted octanol–water partition coefficient (Wildman–Crippen LogP) is 5.41. The zero-order valence-corrected chi connectivity index (χ0v) is 11.6. The molecule has 0 fully saturated rings. The molecular formula is C15H7F6N2O. The van der Waals surface area contributed by atoms with Gasteiger partial charge in [-0.3, -0.25) is 5.11 Å². The van der Waals surface area contributed by atoms with E-state index in [2.05, 4.69) is 9.97 Å². The summed E-state index contributed by atoms with van der Waals surface area (Å²) in [6, 6.07) is 4.96. The van der Waals surface area contributed by atoms with Gasteiger partial charge in [0.1, 0.15) is 5.82 Å². The number of aromatic nitrogens is 2. The summed E-state index contributed by atoms with van der Waals surface area (Å²) in [5.74, 6) is -0.652. The number of nitrogens with one attached hydrogen (secondary N) is 1. The number of aromatic amines is 1. The van der Waals surface area contributed by atoms with E-state index in [4.69, 9.17) is 0 Å². The molecule has 0 unspecified atom stereocenters. The quantitative estimate of drug-likeness (QED) is 0.589. The van der Waals surface area contributed by atoms with Crippen molar-refractivity contribution in [2.75, 3.05) is 0 Å². The summed E-state index contributed by atoms with van der Waals surface area (Å²) in [5, 5.41) is 11.3. The van der Waals surface area contributed by atoms with E-state index in [1.807, 2.05) is 0 Å². The van der Waals surface area contributed by atoms with Crippen LogP contribution in [0.1, 0.15) is 11.1 Å². The molecule has 0 amide bonds. The first-order valence-electron chi connectivity index (χ1n) is 6.51. The van der Waals surface area contributed by atoms with E-state index in [0.29, 0.717) is 17.6 Å². The van der Waals surface area contributed by atoms with Crippen molar-refractivity contribution < 1.29 is 31.4 Å². The maximum absolute atomic E-state index is 13.2. The predicted molar refractivity (Wildman–Crippen MR) is 71.7 cm³/mol. The number of benzene rings is 2. The summed E-state index contributed by atoms with van der Waals surface area (Å²) in [6.07, 6.45) is -9.90. The van der Waals surface area contributed by atoms with Gasteiger partial charge < -0.3 is 4.98 Å². The lowest BCUT2D eigenvalue weighted by atomic mass is 10.0. The second kappa shape index (κ2) is 5.15. The fraction of sp³-hybridized carbons (Fsp3) is 0.133. The Balaban J connectivity index is 2.22. The van der Waals surface area contributed by atoms with Crippen molar-refractivity contribution in [3.63, 3.8) is 0 Å². The number of H-pyrrole nitrogens is 1. The second-order valence-corrected chi connectivity index (χ2v) is 5.02. The van der Waals surface area contributed by atoms with Gasteiger partial charge in [0.15, 0.2) is 5.75 Å². The molecule has 24 heavy (non-hydrogen) atoms. The summed E-state index contributed by atoms with van der Waals surface area (Å²) in [7, 11) is 0. The van der Waals surface area contributed by atoms with E-state index in [9.17, 15) is 31.4 Å². The highest BCUT2D eigenvalue weighted by Crippen LogP contribution is 2.40. The average Bonchev–Trinajstić information content (AvgIpc) is 2.87. The number of halogens is 6. The highest BCUT2D eigenvalue weighted by Gasteiger charge is 2.38. The molecule has 0 bridgehead atoms. The fourth-order valence-corrected chi connectivity index (χ4v) is 2.27. The Morgan fingerprint density at radius 2 is 1.58 bits per heavy atom. The summed E-state index contributed by atoms with van der Waals surface area (Å²) in [5.41, 5.74) is -2.96. The maximum Gasteiger partial charge on any atom is 0.417 e. The molecule has 0 aliphatic carbocycles. The Morgan fingerprint density at radius 1 is 0.875 bits per heavy atom. The average molecular weight is 345 g/mol. The van der Waals surface area contributed by atoms with Crippen LogP contribution in [-0.2, 0) is 17.5 Å². The third kappa shape index (κ3) is 2.89. The summed E-state index contributed by atoms with van der Waals surface area (Å²) in [6.45, 7) is 0. The minimum absolute atomic E-state index is 0.0432. The van der Waals surface area contributed by atoms with E-state index < -0.39 is 29.0 Å². The Kier molecular flexibility index (Phi) is 3.47. The second-order valence-electron chi connectivity index (χ2n) is 5.02. The molecule has 0 aliphatic heterocycles.